The molecule has 10 heteroatoms. The Labute approximate surface area is 203 Å². The molecule has 0 unspecified atom stereocenters. The Morgan fingerprint density at radius 3 is 2.33 bits per heavy atom. The zero-order valence-corrected chi connectivity index (χ0v) is 21.0. The molecular formula is C23H33N3O5S2. The van der Waals surface area contributed by atoms with Crippen LogP contribution in [0.15, 0.2) is 35.0 Å². The number of hydrogen-bond acceptors (Lipinski definition) is 7. The van der Waals surface area contributed by atoms with Crippen LogP contribution in [0.4, 0.5) is 9.59 Å². The number of thiophene rings is 2. The van der Waals surface area contributed by atoms with E-state index in [2.05, 4.69) is 5.32 Å². The highest BCUT2D eigenvalue weighted by molar-refractivity contribution is 7.10. The molecule has 2 heterocycles. The maximum absolute atomic E-state index is 13.6. The number of carbonyl (C=O) groups is 3. The van der Waals surface area contributed by atoms with E-state index in [-0.39, 0.29) is 12.5 Å². The van der Waals surface area contributed by atoms with E-state index in [1.165, 1.54) is 4.88 Å². The molecule has 0 aromatic carbocycles. The number of carbonyl (C=O) groups excluding carboxylic acids is 3. The van der Waals surface area contributed by atoms with Crippen molar-refractivity contribution in [1.82, 2.24) is 10.2 Å². The number of nitrogens with two attached hydrogens (primary N) is 1. The molecule has 2 aromatic heterocycles. The Morgan fingerprint density at radius 2 is 1.76 bits per heavy atom. The Hall–Kier alpha value is -2.59. The number of rotatable bonds is 12. The summed E-state index contributed by atoms with van der Waals surface area (Å²) in [5, 5.41) is 6.74. The van der Waals surface area contributed by atoms with E-state index < -0.39 is 23.8 Å². The van der Waals surface area contributed by atoms with Gasteiger partial charge in [0.2, 0.25) is 5.91 Å². The fourth-order valence-electron chi connectivity index (χ4n) is 3.11. The molecule has 0 aliphatic carbocycles. The van der Waals surface area contributed by atoms with Gasteiger partial charge in [0.25, 0.3) is 0 Å². The van der Waals surface area contributed by atoms with Gasteiger partial charge in [0.1, 0.15) is 11.6 Å². The molecule has 2 aromatic rings. The van der Waals surface area contributed by atoms with Crippen LogP contribution in [-0.4, -0.2) is 47.8 Å². The lowest BCUT2D eigenvalue weighted by atomic mass is 10.1. The third-order valence-corrected chi connectivity index (χ3v) is 6.36. The lowest BCUT2D eigenvalue weighted by Crippen LogP contribution is -2.50. The average molecular weight is 496 g/mol. The number of nitrogens with zero attached hydrogens (tertiary/aromatic N) is 1. The van der Waals surface area contributed by atoms with Crippen molar-refractivity contribution >= 4 is 40.8 Å². The van der Waals surface area contributed by atoms with Crippen LogP contribution in [0.25, 0.3) is 0 Å². The fourth-order valence-corrected chi connectivity index (χ4v) is 4.53. The number of unbranched alkanes of at least 4 members (excludes halogenated alkanes) is 1. The summed E-state index contributed by atoms with van der Waals surface area (Å²) >= 11 is 3.24. The average Bonchev–Trinajstić information content (AvgIpc) is 3.42. The summed E-state index contributed by atoms with van der Waals surface area (Å²) in [4.78, 5) is 40.8. The van der Waals surface area contributed by atoms with Crippen molar-refractivity contribution in [3.8, 4) is 0 Å². The van der Waals surface area contributed by atoms with Crippen LogP contribution in [0, 0.1) is 0 Å². The second-order valence-corrected chi connectivity index (χ2v) is 10.6. The molecule has 0 bridgehead atoms. The van der Waals surface area contributed by atoms with Crippen LogP contribution in [0.2, 0.25) is 0 Å². The zero-order valence-electron chi connectivity index (χ0n) is 19.4. The monoisotopic (exact) mass is 495 g/mol. The van der Waals surface area contributed by atoms with Crippen LogP contribution >= 0.6 is 22.7 Å². The van der Waals surface area contributed by atoms with Crippen molar-refractivity contribution in [2.45, 2.75) is 64.6 Å². The summed E-state index contributed by atoms with van der Waals surface area (Å²) < 4.78 is 10.1. The van der Waals surface area contributed by atoms with E-state index in [1.54, 1.807) is 48.3 Å². The minimum absolute atomic E-state index is 0.165. The van der Waals surface area contributed by atoms with E-state index in [9.17, 15) is 14.4 Å². The van der Waals surface area contributed by atoms with Gasteiger partial charge in [-0.25, -0.2) is 9.59 Å². The van der Waals surface area contributed by atoms with Crippen LogP contribution in [0.5, 0.6) is 0 Å². The van der Waals surface area contributed by atoms with E-state index in [0.29, 0.717) is 32.4 Å². The van der Waals surface area contributed by atoms with Gasteiger partial charge < -0.3 is 25.4 Å². The van der Waals surface area contributed by atoms with Crippen LogP contribution in [0.1, 0.15) is 49.8 Å². The van der Waals surface area contributed by atoms with Crippen molar-refractivity contribution in [2.24, 2.45) is 5.73 Å². The zero-order chi connectivity index (χ0) is 24.3. The summed E-state index contributed by atoms with van der Waals surface area (Å²) in [7, 11) is 0. The molecule has 3 N–H and O–H groups in total. The summed E-state index contributed by atoms with van der Waals surface area (Å²) in [5.41, 5.74) is 4.31. The van der Waals surface area contributed by atoms with Crippen LogP contribution in [-0.2, 0) is 27.2 Å². The molecule has 182 valence electrons. The van der Waals surface area contributed by atoms with Gasteiger partial charge in [0.15, 0.2) is 0 Å². The topological polar surface area (TPSA) is 111 Å². The first-order valence-electron chi connectivity index (χ1n) is 10.9. The first-order chi connectivity index (χ1) is 15.6. The molecule has 33 heavy (non-hydrogen) atoms. The number of alkyl carbamates (subject to hydrolysis) is 1. The molecule has 0 aliphatic rings. The highest BCUT2D eigenvalue weighted by Crippen LogP contribution is 2.17. The van der Waals surface area contributed by atoms with Gasteiger partial charge >= 0.3 is 12.2 Å². The maximum Gasteiger partial charge on any atom is 0.408 e. The summed E-state index contributed by atoms with van der Waals surface area (Å²) in [6.45, 7) is 6.49. The molecule has 3 amide bonds. The van der Waals surface area contributed by atoms with Gasteiger partial charge in [-0.15, -0.1) is 22.7 Å². The fraction of sp³-hybridized carbons (Fsp3) is 0.522. The van der Waals surface area contributed by atoms with E-state index in [1.807, 2.05) is 35.0 Å². The molecule has 8 nitrogen and oxygen atoms in total. The largest absolute Gasteiger partial charge is 0.450 e. The number of amides is 3. The van der Waals surface area contributed by atoms with Crippen LogP contribution < -0.4 is 11.1 Å². The van der Waals surface area contributed by atoms with E-state index in [0.717, 1.165) is 11.3 Å². The lowest BCUT2D eigenvalue weighted by Gasteiger charge is -2.29. The van der Waals surface area contributed by atoms with E-state index >= 15 is 0 Å². The number of nitrogens with one attached hydrogen (secondary N) is 1. The Kier molecular flexibility index (Phi) is 10.7. The van der Waals surface area contributed by atoms with Gasteiger partial charge in [0, 0.05) is 16.3 Å². The second kappa shape index (κ2) is 13.2. The molecule has 1 atom stereocenters. The van der Waals surface area contributed by atoms with Gasteiger partial charge in [-0.3, -0.25) is 4.79 Å². The van der Waals surface area contributed by atoms with Crippen molar-refractivity contribution in [2.75, 3.05) is 13.2 Å². The van der Waals surface area contributed by atoms with Crippen molar-refractivity contribution in [3.63, 3.8) is 0 Å². The van der Waals surface area contributed by atoms with Gasteiger partial charge in [-0.2, -0.15) is 0 Å². The minimum Gasteiger partial charge on any atom is -0.450 e. The second-order valence-electron chi connectivity index (χ2n) is 8.53. The number of hydrogen-bond donors (Lipinski definition) is 2. The molecule has 0 saturated carbocycles. The first kappa shape index (κ1) is 26.7. The van der Waals surface area contributed by atoms with Crippen LogP contribution in [0.3, 0.4) is 0 Å². The molecule has 2 rings (SSSR count). The summed E-state index contributed by atoms with van der Waals surface area (Å²) in [6.07, 6.45) is 0.759. The van der Waals surface area contributed by atoms with Crippen molar-refractivity contribution in [1.29, 1.82) is 0 Å². The van der Waals surface area contributed by atoms with Gasteiger partial charge in [-0.05, 0) is 69.3 Å². The predicted octanol–water partition coefficient (Wildman–Crippen LogP) is 4.54. The van der Waals surface area contributed by atoms with Gasteiger partial charge in [0.05, 0.1) is 13.2 Å². The third kappa shape index (κ3) is 10.7. The number of primary amides is 1. The third-order valence-electron chi connectivity index (χ3n) is 4.57. The minimum atomic E-state index is -0.829. The Balaban J connectivity index is 2.09. The van der Waals surface area contributed by atoms with Crippen molar-refractivity contribution in [3.05, 3.63) is 44.8 Å². The normalized spacial score (nSPS) is 12.1. The molecular weight excluding hydrogens is 462 g/mol. The quantitative estimate of drug-likeness (QED) is 0.420. The summed E-state index contributed by atoms with van der Waals surface area (Å²) in [6, 6.07) is 7.24. The lowest BCUT2D eigenvalue weighted by molar-refractivity contribution is -0.134. The molecule has 0 spiro atoms. The first-order valence-corrected chi connectivity index (χ1v) is 12.7. The molecule has 0 saturated heterocycles. The SMILES string of the molecule is CC(C)(C)OC(=O)N[C@H](CCCCOC(N)=O)C(=O)N(CCc1cccs1)Cc1cccs1. The maximum atomic E-state index is 13.6. The molecule has 0 aliphatic heterocycles. The smallest absolute Gasteiger partial charge is 0.408 e. The van der Waals surface area contributed by atoms with Crippen molar-refractivity contribution < 1.29 is 23.9 Å². The molecule has 0 radical (unpaired) electrons. The van der Waals surface area contributed by atoms with E-state index in [4.69, 9.17) is 15.2 Å². The highest BCUT2D eigenvalue weighted by atomic mass is 32.1. The predicted molar refractivity (Wildman–Crippen MR) is 130 cm³/mol. The van der Waals surface area contributed by atoms with Gasteiger partial charge in [-0.1, -0.05) is 12.1 Å². The summed E-state index contributed by atoms with van der Waals surface area (Å²) in [5.74, 6) is -0.165. The number of ether oxygens (including phenoxy) is 2. The molecule has 0 fully saturated rings. The Morgan fingerprint density at radius 1 is 1.09 bits per heavy atom. The highest BCUT2D eigenvalue weighted by Gasteiger charge is 2.28. The Bertz CT molecular complexity index is 863. The standard InChI is InChI=1S/C23H33N3O5S2/c1-23(2,3)31-22(29)25-19(10-4-5-13-30-21(24)28)20(27)26(16-18-9-7-15-33-18)12-11-17-8-6-14-32-17/h6-9,14-15,19H,4-5,10-13,16H2,1-3H3,(H2,24,28)(H,25,29)/t19-/m1/s1.